The van der Waals surface area contributed by atoms with E-state index < -0.39 is 4.84 Å². The molecule has 1 aliphatic rings. The second-order valence-electron chi connectivity index (χ2n) is 7.20. The Kier molecular flexibility index (Phi) is 5.79. The van der Waals surface area contributed by atoms with Gasteiger partial charge in [-0.1, -0.05) is 44.2 Å². The molecule has 0 bridgehead atoms. The molecule has 0 aliphatic heterocycles. The van der Waals surface area contributed by atoms with Crippen LogP contribution in [0.15, 0.2) is 54.6 Å². The summed E-state index contributed by atoms with van der Waals surface area (Å²) in [7, 11) is 0. The second-order valence-corrected chi connectivity index (χ2v) is 8.48. The summed E-state index contributed by atoms with van der Waals surface area (Å²) in [6.45, 7) is 4.32. The summed E-state index contributed by atoms with van der Waals surface area (Å²) >= 11 is 11.7. The van der Waals surface area contributed by atoms with E-state index in [4.69, 9.17) is 32.7 Å². The fourth-order valence-corrected chi connectivity index (χ4v) is 3.80. The normalized spacial score (nSPS) is 20.7. The van der Waals surface area contributed by atoms with Gasteiger partial charge in [-0.25, -0.2) is 0 Å². The van der Waals surface area contributed by atoms with Crippen LogP contribution < -0.4 is 4.74 Å². The van der Waals surface area contributed by atoms with Crippen molar-refractivity contribution in [1.29, 1.82) is 0 Å². The molecule has 2 atom stereocenters. The standard InChI is InChI=1S/C21H22Cl2O3/c1-21(2)17(12-18(22)23)19(21)20(24)25-13-14-7-6-10-16(11-14)26-15-8-4-3-5-9-15/h3-11,17-19H,12-13H2,1-2H3. The van der Waals surface area contributed by atoms with Gasteiger partial charge >= 0.3 is 5.97 Å². The number of esters is 1. The van der Waals surface area contributed by atoms with Crippen molar-refractivity contribution in [3.63, 3.8) is 0 Å². The number of rotatable bonds is 7. The molecule has 2 aromatic carbocycles. The number of carbonyl (C=O) groups is 1. The minimum absolute atomic E-state index is 0.114. The first-order valence-corrected chi connectivity index (χ1v) is 9.52. The summed E-state index contributed by atoms with van der Waals surface area (Å²) in [5.41, 5.74) is 0.770. The van der Waals surface area contributed by atoms with Gasteiger partial charge in [-0.3, -0.25) is 4.79 Å². The maximum absolute atomic E-state index is 12.4. The van der Waals surface area contributed by atoms with E-state index in [2.05, 4.69) is 0 Å². The predicted molar refractivity (Wildman–Crippen MR) is 104 cm³/mol. The van der Waals surface area contributed by atoms with Crippen molar-refractivity contribution in [2.75, 3.05) is 0 Å². The van der Waals surface area contributed by atoms with E-state index in [1.807, 2.05) is 68.4 Å². The molecule has 0 saturated heterocycles. The van der Waals surface area contributed by atoms with Crippen molar-refractivity contribution < 1.29 is 14.3 Å². The van der Waals surface area contributed by atoms with Crippen LogP contribution in [0, 0.1) is 17.3 Å². The molecule has 0 aromatic heterocycles. The predicted octanol–water partition coefficient (Wildman–Crippen LogP) is 5.99. The minimum atomic E-state index is -0.455. The summed E-state index contributed by atoms with van der Waals surface area (Å²) in [5, 5.41) is 0. The Morgan fingerprint density at radius 3 is 2.46 bits per heavy atom. The molecule has 0 amide bonds. The highest BCUT2D eigenvalue weighted by Crippen LogP contribution is 2.61. The molecule has 3 rings (SSSR count). The van der Waals surface area contributed by atoms with E-state index in [1.165, 1.54) is 0 Å². The van der Waals surface area contributed by atoms with Crippen molar-refractivity contribution in [3.8, 4) is 11.5 Å². The van der Waals surface area contributed by atoms with Crippen LogP contribution in [0.2, 0.25) is 0 Å². The third-order valence-corrected chi connectivity index (χ3v) is 5.35. The lowest BCUT2D eigenvalue weighted by Crippen LogP contribution is -2.11. The van der Waals surface area contributed by atoms with Crippen molar-refractivity contribution in [3.05, 3.63) is 60.2 Å². The van der Waals surface area contributed by atoms with Gasteiger partial charge in [0.1, 0.15) is 22.9 Å². The Bertz CT molecular complexity index is 759. The number of ether oxygens (including phenoxy) is 2. The van der Waals surface area contributed by atoms with Crippen LogP contribution in [0.4, 0.5) is 0 Å². The van der Waals surface area contributed by atoms with Crippen LogP contribution in [0.3, 0.4) is 0 Å². The second kappa shape index (κ2) is 7.89. The van der Waals surface area contributed by atoms with Crippen LogP contribution in [-0.4, -0.2) is 10.8 Å². The smallest absolute Gasteiger partial charge is 0.310 e. The minimum Gasteiger partial charge on any atom is -0.461 e. The molecule has 1 fully saturated rings. The molecule has 2 aromatic rings. The topological polar surface area (TPSA) is 35.5 Å². The summed E-state index contributed by atoms with van der Waals surface area (Å²) in [5.74, 6) is 1.31. The lowest BCUT2D eigenvalue weighted by Gasteiger charge is -2.09. The largest absolute Gasteiger partial charge is 0.461 e. The Labute approximate surface area is 164 Å². The Hall–Kier alpha value is -1.71. The van der Waals surface area contributed by atoms with Crippen molar-refractivity contribution in [2.24, 2.45) is 17.3 Å². The van der Waals surface area contributed by atoms with Gasteiger partial charge in [0.2, 0.25) is 0 Å². The lowest BCUT2D eigenvalue weighted by molar-refractivity contribution is -0.147. The van der Waals surface area contributed by atoms with Crippen LogP contribution in [-0.2, 0) is 16.1 Å². The average Bonchev–Trinajstić information content (AvgIpc) is 3.13. The Morgan fingerprint density at radius 2 is 1.77 bits per heavy atom. The highest BCUT2D eigenvalue weighted by Gasteiger charge is 2.62. The van der Waals surface area contributed by atoms with E-state index in [1.54, 1.807) is 0 Å². The first kappa shape index (κ1) is 19.1. The van der Waals surface area contributed by atoms with Gasteiger partial charge in [-0.2, -0.15) is 0 Å². The number of hydrogen-bond acceptors (Lipinski definition) is 3. The Balaban J connectivity index is 1.57. The summed E-state index contributed by atoms with van der Waals surface area (Å²) in [6, 6.07) is 17.1. The van der Waals surface area contributed by atoms with Crippen LogP contribution >= 0.6 is 23.2 Å². The Morgan fingerprint density at radius 1 is 1.08 bits per heavy atom. The van der Waals surface area contributed by atoms with Gasteiger partial charge in [0.15, 0.2) is 0 Å². The first-order valence-electron chi connectivity index (χ1n) is 8.64. The number of alkyl halides is 2. The molecule has 1 aliphatic carbocycles. The van der Waals surface area contributed by atoms with Gasteiger partial charge in [0.25, 0.3) is 0 Å². The fourth-order valence-electron chi connectivity index (χ4n) is 3.41. The molecule has 0 radical (unpaired) electrons. The summed E-state index contributed by atoms with van der Waals surface area (Å²) < 4.78 is 11.3. The molecular formula is C21H22Cl2O3. The molecule has 138 valence electrons. The number of carbonyl (C=O) groups excluding carboxylic acids is 1. The van der Waals surface area contributed by atoms with Crippen molar-refractivity contribution in [1.82, 2.24) is 0 Å². The van der Waals surface area contributed by atoms with E-state index in [-0.39, 0.29) is 29.8 Å². The molecule has 5 heteroatoms. The zero-order chi connectivity index (χ0) is 18.7. The van der Waals surface area contributed by atoms with Gasteiger partial charge < -0.3 is 9.47 Å². The summed E-state index contributed by atoms with van der Waals surface area (Å²) in [4.78, 5) is 12.0. The van der Waals surface area contributed by atoms with E-state index >= 15 is 0 Å². The maximum atomic E-state index is 12.4. The molecule has 0 heterocycles. The number of halogens is 2. The monoisotopic (exact) mass is 392 g/mol. The van der Waals surface area contributed by atoms with Gasteiger partial charge in [0, 0.05) is 0 Å². The quantitative estimate of drug-likeness (QED) is 0.428. The average molecular weight is 393 g/mol. The number of para-hydroxylation sites is 1. The highest BCUT2D eigenvalue weighted by molar-refractivity contribution is 6.44. The third kappa shape index (κ3) is 4.52. The number of benzene rings is 2. The van der Waals surface area contributed by atoms with Gasteiger partial charge in [0.05, 0.1) is 5.92 Å². The summed E-state index contributed by atoms with van der Waals surface area (Å²) in [6.07, 6.45) is 0.607. The molecule has 0 N–H and O–H groups in total. The molecule has 2 unspecified atom stereocenters. The van der Waals surface area contributed by atoms with E-state index in [0.29, 0.717) is 12.2 Å². The van der Waals surface area contributed by atoms with Crippen LogP contribution in [0.5, 0.6) is 11.5 Å². The SMILES string of the molecule is CC1(C)C(CC(Cl)Cl)C1C(=O)OCc1cccc(Oc2ccccc2)c1. The van der Waals surface area contributed by atoms with Crippen LogP contribution in [0.1, 0.15) is 25.8 Å². The zero-order valence-electron chi connectivity index (χ0n) is 14.8. The lowest BCUT2D eigenvalue weighted by atomic mass is 10.1. The van der Waals surface area contributed by atoms with E-state index in [9.17, 15) is 4.79 Å². The molecule has 1 saturated carbocycles. The van der Waals surface area contributed by atoms with E-state index in [0.717, 1.165) is 11.3 Å². The van der Waals surface area contributed by atoms with Crippen molar-refractivity contribution >= 4 is 29.2 Å². The molecule has 3 nitrogen and oxygen atoms in total. The molecular weight excluding hydrogens is 371 g/mol. The van der Waals surface area contributed by atoms with Crippen LogP contribution in [0.25, 0.3) is 0 Å². The van der Waals surface area contributed by atoms with Gasteiger partial charge in [-0.05, 0) is 47.6 Å². The highest BCUT2D eigenvalue weighted by atomic mass is 35.5. The van der Waals surface area contributed by atoms with Crippen molar-refractivity contribution in [2.45, 2.75) is 31.7 Å². The first-order chi connectivity index (χ1) is 12.4. The zero-order valence-corrected chi connectivity index (χ0v) is 16.3. The maximum Gasteiger partial charge on any atom is 0.310 e. The molecule has 0 spiro atoms. The molecule has 26 heavy (non-hydrogen) atoms. The number of hydrogen-bond donors (Lipinski definition) is 0. The fraction of sp³-hybridized carbons (Fsp3) is 0.381. The van der Waals surface area contributed by atoms with Gasteiger partial charge in [-0.15, -0.1) is 23.2 Å². The third-order valence-electron chi connectivity index (χ3n) is 4.99.